The van der Waals surface area contributed by atoms with Gasteiger partial charge < -0.3 is 36.5 Å². The third kappa shape index (κ3) is 14.0. The number of aromatic nitrogens is 1. The zero-order valence-electron chi connectivity index (χ0n) is 37.0. The molecule has 1 aromatic heterocycles. The Bertz CT molecular complexity index is 2430. The maximum atomic E-state index is 13.6. The number of ether oxygens (including phenoxy) is 2. The third-order valence-corrected chi connectivity index (χ3v) is 10.6. The molecule has 5 rings (SSSR count). The molecule has 4 aromatic rings. The monoisotopic (exact) mass is 888 g/mol. The van der Waals surface area contributed by atoms with E-state index in [0.29, 0.717) is 48.4 Å². The number of rotatable bonds is 22. The number of primary amides is 1. The molecule has 0 radical (unpaired) electrons. The van der Waals surface area contributed by atoms with Crippen LogP contribution in [-0.4, -0.2) is 83.8 Å². The molecule has 17 heteroatoms. The number of unbranched alkanes of at least 4 members (excludes halogenated alkanes) is 2. The number of nitrogens with zero attached hydrogens (tertiary/aromatic N) is 2. The molecule has 65 heavy (non-hydrogen) atoms. The fourth-order valence-electron chi connectivity index (χ4n) is 7.13. The highest BCUT2D eigenvalue weighted by molar-refractivity contribution is 6.12. The average Bonchev–Trinajstić information content (AvgIpc) is 3.60. The van der Waals surface area contributed by atoms with E-state index < -0.39 is 36.0 Å². The molecule has 0 aliphatic carbocycles. The first-order valence-electron chi connectivity index (χ1n) is 21.4. The Morgan fingerprint density at radius 2 is 1.57 bits per heavy atom. The van der Waals surface area contributed by atoms with Crippen LogP contribution in [-0.2, 0) is 35.3 Å². The Labute approximate surface area is 377 Å². The van der Waals surface area contributed by atoms with Crippen LogP contribution >= 0.6 is 0 Å². The quantitative estimate of drug-likeness (QED) is 0.0406. The molecule has 3 aromatic carbocycles. The van der Waals surface area contributed by atoms with Crippen LogP contribution in [0.2, 0.25) is 0 Å². The van der Waals surface area contributed by atoms with E-state index >= 15 is 0 Å². The Balaban J connectivity index is 1.14. The summed E-state index contributed by atoms with van der Waals surface area (Å²) in [6, 6.07) is 19.0. The number of para-hydroxylation sites is 1. The van der Waals surface area contributed by atoms with E-state index in [4.69, 9.17) is 15.2 Å². The van der Waals surface area contributed by atoms with Crippen molar-refractivity contribution in [1.82, 2.24) is 25.8 Å². The summed E-state index contributed by atoms with van der Waals surface area (Å²) in [7, 11) is 1.50. The highest BCUT2D eigenvalue weighted by Crippen LogP contribution is 2.33. The fourth-order valence-corrected chi connectivity index (χ4v) is 7.13. The van der Waals surface area contributed by atoms with Crippen LogP contribution < -0.4 is 37.1 Å². The van der Waals surface area contributed by atoms with Crippen LogP contribution in [0, 0.1) is 12.8 Å². The lowest BCUT2D eigenvalue weighted by atomic mass is 9.95. The fraction of sp³-hybridized carbons (Fsp3) is 0.333. The van der Waals surface area contributed by atoms with Crippen LogP contribution in [0.15, 0.2) is 91.5 Å². The second kappa shape index (κ2) is 23.2. The lowest BCUT2D eigenvalue weighted by molar-refractivity contribution is -0.137. The van der Waals surface area contributed by atoms with Gasteiger partial charge in [-0.05, 0) is 97.2 Å². The van der Waals surface area contributed by atoms with E-state index in [1.165, 1.54) is 19.3 Å². The number of fused-ring (bicyclic) bond motifs is 1. The van der Waals surface area contributed by atoms with Crippen molar-refractivity contribution >= 4 is 69.5 Å². The van der Waals surface area contributed by atoms with Gasteiger partial charge in [-0.1, -0.05) is 63.2 Å². The molecular formula is C48H56N8O9. The van der Waals surface area contributed by atoms with E-state index in [0.717, 1.165) is 38.2 Å². The number of carbonyl (C=O) groups excluding carboxylic acids is 7. The second-order valence-corrected chi connectivity index (χ2v) is 15.9. The number of benzene rings is 3. The van der Waals surface area contributed by atoms with Crippen LogP contribution in [0.5, 0.6) is 5.75 Å². The van der Waals surface area contributed by atoms with E-state index in [1.807, 2.05) is 43.3 Å². The molecule has 0 bridgehead atoms. The van der Waals surface area contributed by atoms with Crippen molar-refractivity contribution in [3.63, 3.8) is 0 Å². The van der Waals surface area contributed by atoms with Gasteiger partial charge >= 0.3 is 12.1 Å². The van der Waals surface area contributed by atoms with Gasteiger partial charge in [-0.2, -0.15) is 0 Å². The van der Waals surface area contributed by atoms with Gasteiger partial charge in [-0.25, -0.2) is 9.59 Å². The summed E-state index contributed by atoms with van der Waals surface area (Å²) in [5, 5.41) is 14.5. The Morgan fingerprint density at radius 1 is 0.846 bits per heavy atom. The number of carbonyl (C=O) groups is 7. The third-order valence-electron chi connectivity index (χ3n) is 10.6. The zero-order chi connectivity index (χ0) is 47.0. The Kier molecular flexibility index (Phi) is 17.3. The molecule has 342 valence electrons. The number of nitrogens with two attached hydrogens (primary N) is 1. The van der Waals surface area contributed by atoms with Crippen molar-refractivity contribution in [1.29, 1.82) is 0 Å². The van der Waals surface area contributed by atoms with Gasteiger partial charge in [0.15, 0.2) is 0 Å². The van der Waals surface area contributed by atoms with Crippen LogP contribution in [0.4, 0.5) is 21.0 Å². The van der Waals surface area contributed by atoms with E-state index in [1.54, 1.807) is 50.2 Å². The molecule has 0 saturated heterocycles. The van der Waals surface area contributed by atoms with Crippen molar-refractivity contribution in [2.45, 2.75) is 78.0 Å². The molecule has 0 unspecified atom stereocenters. The first kappa shape index (κ1) is 48.5. The standard InChI is InChI=1S/C48H56N8O9/c1-29(2)44(55-41(57)15-7-6-10-25-56-42(58)22-23-43(56)59)46(61)53-38(14-11-24-50-47(49)62)45(60)52-34-19-16-32(17-20-34)28-65-48(63)54-39-27-33(18-21-40(39)64-5)31(4)36-26-30(3)51-37-13-9-8-12-35(36)37/h8-9,12-13,16-23,26-27,29,38,44H,4,6-7,10-11,14-15,24-25,28H2,1-3,5H3,(H,52,60)(H,53,61)(H,54,63)(H,55,57)(H3,49,50,62)/t38-,44-/m0/s1. The Hall–Kier alpha value is -7.56. The minimum atomic E-state index is -1.05. The van der Waals surface area contributed by atoms with Crippen LogP contribution in [0.3, 0.4) is 0 Å². The maximum absolute atomic E-state index is 13.6. The molecule has 0 saturated carbocycles. The van der Waals surface area contributed by atoms with Gasteiger partial charge in [0.25, 0.3) is 11.8 Å². The van der Waals surface area contributed by atoms with Crippen molar-refractivity contribution < 1.29 is 43.0 Å². The minimum absolute atomic E-state index is 0.0940. The minimum Gasteiger partial charge on any atom is -0.495 e. The summed E-state index contributed by atoms with van der Waals surface area (Å²) in [6.45, 7) is 10.1. The first-order valence-corrected chi connectivity index (χ1v) is 21.4. The second-order valence-electron chi connectivity index (χ2n) is 15.9. The predicted octanol–water partition coefficient (Wildman–Crippen LogP) is 5.86. The molecule has 8 amide bonds. The zero-order valence-corrected chi connectivity index (χ0v) is 37.0. The number of hydrogen-bond donors (Lipinski definition) is 6. The van der Waals surface area contributed by atoms with E-state index in [2.05, 4.69) is 38.1 Å². The van der Waals surface area contributed by atoms with Crippen molar-refractivity contribution in [3.05, 3.63) is 114 Å². The maximum Gasteiger partial charge on any atom is 0.412 e. The lowest BCUT2D eigenvalue weighted by Gasteiger charge is -2.25. The normalized spacial score (nSPS) is 13.0. The highest BCUT2D eigenvalue weighted by atomic mass is 16.5. The molecule has 1 aliphatic rings. The van der Waals surface area contributed by atoms with Gasteiger partial charge in [0.2, 0.25) is 17.7 Å². The number of anilines is 2. The largest absolute Gasteiger partial charge is 0.495 e. The lowest BCUT2D eigenvalue weighted by Crippen LogP contribution is -2.54. The SMILES string of the molecule is C=C(c1ccc(OC)c(NC(=O)OCc2ccc(NC(=O)[C@H](CCCNC(N)=O)NC(=O)[C@@H](NC(=O)CCCCCN3C(=O)C=CC3=O)C(C)C)cc2)c1)c1cc(C)nc2ccccc12. The number of nitrogens with one attached hydrogen (secondary N) is 5. The highest BCUT2D eigenvalue weighted by Gasteiger charge is 2.29. The number of aryl methyl sites for hydroxylation is 1. The molecule has 7 N–H and O–H groups in total. The van der Waals surface area contributed by atoms with Gasteiger partial charge in [0.1, 0.15) is 24.4 Å². The van der Waals surface area contributed by atoms with Crippen LogP contribution in [0.1, 0.15) is 74.8 Å². The van der Waals surface area contributed by atoms with Gasteiger partial charge in [-0.15, -0.1) is 0 Å². The molecule has 1 aliphatic heterocycles. The number of imide groups is 1. The van der Waals surface area contributed by atoms with Gasteiger partial charge in [0.05, 0.1) is 18.3 Å². The number of pyridine rings is 1. The van der Waals surface area contributed by atoms with Gasteiger partial charge in [-0.3, -0.25) is 39.2 Å². The summed E-state index contributed by atoms with van der Waals surface area (Å²) >= 11 is 0. The first-order chi connectivity index (χ1) is 31.1. The van der Waals surface area contributed by atoms with Crippen molar-refractivity contribution in [3.8, 4) is 5.75 Å². The molecule has 0 fully saturated rings. The Morgan fingerprint density at radius 3 is 2.26 bits per heavy atom. The molecule has 2 atom stereocenters. The number of urea groups is 1. The van der Waals surface area contributed by atoms with Crippen LogP contribution in [0.25, 0.3) is 16.5 Å². The van der Waals surface area contributed by atoms with Crippen molar-refractivity contribution in [2.24, 2.45) is 11.7 Å². The van der Waals surface area contributed by atoms with E-state index in [9.17, 15) is 33.6 Å². The predicted molar refractivity (Wildman–Crippen MR) is 246 cm³/mol. The molecule has 0 spiro atoms. The summed E-state index contributed by atoms with van der Waals surface area (Å²) < 4.78 is 11.0. The smallest absolute Gasteiger partial charge is 0.412 e. The summed E-state index contributed by atoms with van der Waals surface area (Å²) in [5.41, 5.74) is 10.7. The number of methoxy groups -OCH3 is 1. The van der Waals surface area contributed by atoms with Gasteiger partial charge in [0, 0.05) is 48.4 Å². The molecular weight excluding hydrogens is 833 g/mol. The summed E-state index contributed by atoms with van der Waals surface area (Å²) in [6.07, 6.45) is 3.88. The van der Waals surface area contributed by atoms with E-state index in [-0.39, 0.29) is 56.2 Å². The summed E-state index contributed by atoms with van der Waals surface area (Å²) in [5.74, 6) is -2.07. The molecule has 17 nitrogen and oxygen atoms in total. The average molecular weight is 889 g/mol. The number of amides is 8. The summed E-state index contributed by atoms with van der Waals surface area (Å²) in [4.78, 5) is 93.6. The number of hydrogen-bond acceptors (Lipinski definition) is 10. The topological polar surface area (TPSA) is 240 Å². The molecule has 2 heterocycles. The van der Waals surface area contributed by atoms with Crippen molar-refractivity contribution in [2.75, 3.05) is 30.8 Å².